The van der Waals surface area contributed by atoms with E-state index < -0.39 is 21.4 Å². The van der Waals surface area contributed by atoms with Crippen molar-refractivity contribution in [1.82, 2.24) is 4.98 Å². The van der Waals surface area contributed by atoms with Gasteiger partial charge < -0.3 is 0 Å². The maximum absolute atomic E-state index is 13.0. The highest BCUT2D eigenvalue weighted by Crippen LogP contribution is 2.33. The summed E-state index contributed by atoms with van der Waals surface area (Å²) < 4.78 is 35.7. The molecule has 5 nitrogen and oxygen atoms in total. The molecule has 106 valence electrons. The van der Waals surface area contributed by atoms with E-state index in [4.69, 9.17) is 0 Å². The Kier molecular flexibility index (Phi) is 3.02. The van der Waals surface area contributed by atoms with Crippen LogP contribution in [0.4, 0.5) is 9.02 Å². The van der Waals surface area contributed by atoms with Gasteiger partial charge in [-0.05, 0) is 24.6 Å². The lowest BCUT2D eigenvalue weighted by atomic mass is 10.2. The summed E-state index contributed by atoms with van der Waals surface area (Å²) in [6, 6.07) is 5.70. The molecule has 1 aliphatic heterocycles. The lowest BCUT2D eigenvalue weighted by molar-refractivity contribution is -0.117. The van der Waals surface area contributed by atoms with Gasteiger partial charge in [-0.15, -0.1) is 3.89 Å². The summed E-state index contributed by atoms with van der Waals surface area (Å²) in [5.74, 6) is -0.410. The van der Waals surface area contributed by atoms with E-state index in [1.165, 1.54) is 16.2 Å². The number of halogens is 1. The molecule has 0 N–H and O–H groups in total. The van der Waals surface area contributed by atoms with Crippen molar-refractivity contribution in [1.29, 1.82) is 0 Å². The minimum atomic E-state index is -4.70. The molecule has 8 heteroatoms. The van der Waals surface area contributed by atoms with Crippen molar-refractivity contribution in [3.63, 3.8) is 0 Å². The Balaban J connectivity index is 1.97. The maximum atomic E-state index is 13.0. The number of carbonyl (C=O) groups excluding carboxylic acids is 1. The number of carbonyl (C=O) groups is 1. The molecule has 0 radical (unpaired) electrons. The Morgan fingerprint density at radius 2 is 2.20 bits per heavy atom. The van der Waals surface area contributed by atoms with Gasteiger partial charge in [0.2, 0.25) is 5.91 Å². The minimum Gasteiger partial charge on any atom is -0.287 e. The summed E-state index contributed by atoms with van der Waals surface area (Å²) in [5.41, 5.74) is 1.82. The van der Waals surface area contributed by atoms with Crippen LogP contribution in [0.15, 0.2) is 18.2 Å². The Bertz CT molecular complexity index is 800. The number of rotatable bonds is 2. The van der Waals surface area contributed by atoms with Gasteiger partial charge in [-0.2, -0.15) is 8.42 Å². The molecule has 1 aromatic heterocycles. The van der Waals surface area contributed by atoms with Crippen LogP contribution in [-0.2, 0) is 15.0 Å². The summed E-state index contributed by atoms with van der Waals surface area (Å²) >= 11 is 1.30. The van der Waals surface area contributed by atoms with Crippen molar-refractivity contribution in [2.45, 2.75) is 18.6 Å². The molecule has 20 heavy (non-hydrogen) atoms. The predicted molar refractivity (Wildman–Crippen MR) is 75.1 cm³/mol. The van der Waals surface area contributed by atoms with E-state index in [0.717, 1.165) is 15.8 Å². The van der Waals surface area contributed by atoms with Gasteiger partial charge in [0.25, 0.3) is 0 Å². The molecule has 2 heterocycles. The fraction of sp³-hybridized carbons (Fsp3) is 0.333. The molecule has 2 aromatic rings. The molecule has 1 saturated heterocycles. The second-order valence-corrected chi connectivity index (χ2v) is 7.40. The highest BCUT2D eigenvalue weighted by Gasteiger charge is 2.40. The first kappa shape index (κ1) is 13.4. The number of fused-ring (bicyclic) bond motifs is 1. The minimum absolute atomic E-state index is 0.170. The summed E-state index contributed by atoms with van der Waals surface area (Å²) in [4.78, 5) is 17.4. The largest absolute Gasteiger partial charge is 0.307 e. The van der Waals surface area contributed by atoms with Crippen LogP contribution in [0.3, 0.4) is 0 Å². The maximum Gasteiger partial charge on any atom is 0.307 e. The first-order valence-corrected chi connectivity index (χ1v) is 8.22. The third-order valence-electron chi connectivity index (χ3n) is 3.25. The predicted octanol–water partition coefficient (Wildman–Crippen LogP) is 2.01. The second-order valence-electron chi connectivity index (χ2n) is 4.77. The van der Waals surface area contributed by atoms with Crippen molar-refractivity contribution < 1.29 is 17.1 Å². The zero-order valence-corrected chi connectivity index (χ0v) is 12.2. The lowest BCUT2D eigenvalue weighted by Gasteiger charge is -2.11. The lowest BCUT2D eigenvalue weighted by Crippen LogP contribution is -2.26. The summed E-state index contributed by atoms with van der Waals surface area (Å²) in [6.45, 7) is 1.78. The number of benzene rings is 1. The molecular formula is C12H11FN2O3S2. The topological polar surface area (TPSA) is 67.3 Å². The molecule has 1 aliphatic rings. The van der Waals surface area contributed by atoms with Gasteiger partial charge in [0.05, 0.1) is 10.2 Å². The zero-order chi connectivity index (χ0) is 14.5. The van der Waals surface area contributed by atoms with Crippen LogP contribution < -0.4 is 4.90 Å². The number of hydrogen-bond donors (Lipinski definition) is 0. The first-order chi connectivity index (χ1) is 9.34. The van der Waals surface area contributed by atoms with Gasteiger partial charge in [-0.3, -0.25) is 9.69 Å². The van der Waals surface area contributed by atoms with E-state index in [9.17, 15) is 17.1 Å². The van der Waals surface area contributed by atoms with Gasteiger partial charge in [-0.1, -0.05) is 17.4 Å². The fourth-order valence-electron chi connectivity index (χ4n) is 2.18. The van der Waals surface area contributed by atoms with Gasteiger partial charge in [-0.25, -0.2) is 4.98 Å². The molecule has 1 aromatic carbocycles. The smallest absolute Gasteiger partial charge is 0.287 e. The average Bonchev–Trinajstić information content (AvgIpc) is 2.90. The highest BCUT2D eigenvalue weighted by atomic mass is 32.3. The summed E-state index contributed by atoms with van der Waals surface area (Å²) in [5, 5.41) is -0.870. The Morgan fingerprint density at radius 3 is 2.85 bits per heavy atom. The molecule has 1 amide bonds. The Hall–Kier alpha value is -1.54. The fourth-order valence-corrected chi connectivity index (χ4v) is 3.94. The van der Waals surface area contributed by atoms with E-state index in [0.29, 0.717) is 5.13 Å². The van der Waals surface area contributed by atoms with Crippen LogP contribution in [0, 0.1) is 6.92 Å². The molecule has 1 fully saturated rings. The number of thiazole rings is 1. The van der Waals surface area contributed by atoms with E-state index in [-0.39, 0.29) is 13.0 Å². The molecule has 0 spiro atoms. The molecule has 0 aliphatic carbocycles. The van der Waals surface area contributed by atoms with Crippen molar-refractivity contribution in [2.75, 3.05) is 11.4 Å². The molecule has 0 bridgehead atoms. The normalized spacial score (nSPS) is 20.0. The first-order valence-electron chi connectivity index (χ1n) is 5.95. The molecular weight excluding hydrogens is 303 g/mol. The van der Waals surface area contributed by atoms with Crippen molar-refractivity contribution in [3.05, 3.63) is 23.8 Å². The number of nitrogens with zero attached hydrogens (tertiary/aromatic N) is 2. The van der Waals surface area contributed by atoms with Crippen LogP contribution >= 0.6 is 11.3 Å². The molecule has 3 rings (SSSR count). The zero-order valence-electron chi connectivity index (χ0n) is 10.5. The molecule has 1 atom stereocenters. The number of aryl methyl sites for hydroxylation is 1. The SMILES string of the molecule is Cc1ccc2nc(N3CC(S(=O)(=O)F)CC3=O)sc2c1. The number of hydrogen-bond acceptors (Lipinski definition) is 5. The Morgan fingerprint density at radius 1 is 1.45 bits per heavy atom. The summed E-state index contributed by atoms with van der Waals surface area (Å²) in [6.07, 6.45) is -0.326. The third-order valence-corrected chi connectivity index (χ3v) is 5.40. The van der Waals surface area contributed by atoms with Gasteiger partial charge in [0, 0.05) is 13.0 Å². The Labute approximate surface area is 119 Å². The number of anilines is 1. The van der Waals surface area contributed by atoms with E-state index in [2.05, 4.69) is 4.98 Å². The summed E-state index contributed by atoms with van der Waals surface area (Å²) in [7, 11) is -4.70. The van der Waals surface area contributed by atoms with Crippen LogP contribution in [-0.4, -0.2) is 31.1 Å². The third kappa shape index (κ3) is 2.29. The monoisotopic (exact) mass is 314 g/mol. The van der Waals surface area contributed by atoms with Crippen molar-refractivity contribution >= 4 is 42.8 Å². The number of amides is 1. The average molecular weight is 314 g/mol. The molecule has 1 unspecified atom stereocenters. The van der Waals surface area contributed by atoms with Gasteiger partial charge >= 0.3 is 10.2 Å². The number of aromatic nitrogens is 1. The van der Waals surface area contributed by atoms with Crippen molar-refractivity contribution in [2.24, 2.45) is 0 Å². The standard InChI is InChI=1S/C12H11FN2O3S2/c1-7-2-3-9-10(4-7)19-12(14-9)15-6-8(5-11(15)16)20(13,17)18/h2-4,8H,5-6H2,1H3. The second kappa shape index (κ2) is 4.49. The van der Waals surface area contributed by atoms with E-state index in [1.807, 2.05) is 25.1 Å². The van der Waals surface area contributed by atoms with Crippen molar-refractivity contribution in [3.8, 4) is 0 Å². The molecule has 0 saturated carbocycles. The quantitative estimate of drug-likeness (QED) is 0.795. The van der Waals surface area contributed by atoms with E-state index >= 15 is 0 Å². The highest BCUT2D eigenvalue weighted by molar-refractivity contribution is 7.87. The van der Waals surface area contributed by atoms with E-state index in [1.54, 1.807) is 0 Å². The van der Waals surface area contributed by atoms with Crippen LogP contribution in [0.5, 0.6) is 0 Å². The van der Waals surface area contributed by atoms with Crippen LogP contribution in [0.25, 0.3) is 10.2 Å². The van der Waals surface area contributed by atoms with Crippen LogP contribution in [0.1, 0.15) is 12.0 Å². The van der Waals surface area contributed by atoms with Gasteiger partial charge in [0.15, 0.2) is 5.13 Å². The van der Waals surface area contributed by atoms with Crippen LogP contribution in [0.2, 0.25) is 0 Å². The van der Waals surface area contributed by atoms with Gasteiger partial charge in [0.1, 0.15) is 5.25 Å².